The van der Waals surface area contributed by atoms with E-state index in [4.69, 9.17) is 10.7 Å². The largest absolute Gasteiger partial charge is 0.381 e. The third-order valence-electron chi connectivity index (χ3n) is 3.96. The third-order valence-corrected chi connectivity index (χ3v) is 3.96. The van der Waals surface area contributed by atoms with Crippen LogP contribution in [0.25, 0.3) is 11.0 Å². The van der Waals surface area contributed by atoms with Crippen molar-refractivity contribution in [1.29, 1.82) is 0 Å². The molecule has 1 aromatic heterocycles. The van der Waals surface area contributed by atoms with Crippen molar-refractivity contribution in [3.8, 4) is 0 Å². The van der Waals surface area contributed by atoms with Gasteiger partial charge in [0, 0.05) is 13.1 Å². The minimum atomic E-state index is 0.542. The maximum absolute atomic E-state index is 6.08. The van der Waals surface area contributed by atoms with Gasteiger partial charge in [-0.3, -0.25) is 0 Å². The number of benzene rings is 1. The van der Waals surface area contributed by atoms with Crippen LogP contribution in [0.4, 0.5) is 11.6 Å². The molecular formula is C15H20N4. The monoisotopic (exact) mass is 256 g/mol. The molecule has 0 unspecified atom stereocenters. The molecule has 1 saturated carbocycles. The van der Waals surface area contributed by atoms with Crippen LogP contribution in [0.5, 0.6) is 0 Å². The lowest BCUT2D eigenvalue weighted by atomic mass is 9.85. The zero-order valence-electron chi connectivity index (χ0n) is 11.3. The summed E-state index contributed by atoms with van der Waals surface area (Å²) in [4.78, 5) is 11.4. The van der Waals surface area contributed by atoms with Gasteiger partial charge in [0.15, 0.2) is 11.6 Å². The number of anilines is 2. The smallest absolute Gasteiger partial charge is 0.172 e. The van der Waals surface area contributed by atoms with Crippen LogP contribution in [0.3, 0.4) is 0 Å². The molecule has 1 heterocycles. The number of para-hydroxylation sites is 2. The molecule has 0 radical (unpaired) electrons. The van der Waals surface area contributed by atoms with Crippen LogP contribution < -0.4 is 10.6 Å². The Kier molecular flexibility index (Phi) is 3.23. The second-order valence-electron chi connectivity index (χ2n) is 5.26. The van der Waals surface area contributed by atoms with Gasteiger partial charge in [0.25, 0.3) is 0 Å². The Labute approximate surface area is 113 Å². The molecule has 0 atom stereocenters. The zero-order valence-corrected chi connectivity index (χ0v) is 11.3. The number of rotatable bonds is 4. The van der Waals surface area contributed by atoms with Gasteiger partial charge in [0.1, 0.15) is 0 Å². The number of aromatic nitrogens is 2. The van der Waals surface area contributed by atoms with Crippen LogP contribution >= 0.6 is 0 Å². The van der Waals surface area contributed by atoms with Gasteiger partial charge in [-0.1, -0.05) is 18.6 Å². The summed E-state index contributed by atoms with van der Waals surface area (Å²) in [7, 11) is 0. The third kappa shape index (κ3) is 2.35. The number of nitrogens with zero attached hydrogens (tertiary/aromatic N) is 3. The first-order valence-corrected chi connectivity index (χ1v) is 7.05. The first-order chi connectivity index (χ1) is 9.28. The molecule has 1 aliphatic carbocycles. The van der Waals surface area contributed by atoms with Crippen molar-refractivity contribution in [2.75, 3.05) is 23.7 Å². The van der Waals surface area contributed by atoms with Crippen molar-refractivity contribution in [2.24, 2.45) is 5.92 Å². The van der Waals surface area contributed by atoms with Crippen molar-refractivity contribution in [3.05, 3.63) is 24.3 Å². The Hall–Kier alpha value is -1.84. The fourth-order valence-electron chi connectivity index (χ4n) is 2.59. The molecule has 4 nitrogen and oxygen atoms in total. The maximum Gasteiger partial charge on any atom is 0.172 e. The lowest BCUT2D eigenvalue weighted by Gasteiger charge is -2.32. The summed E-state index contributed by atoms with van der Waals surface area (Å²) in [5.41, 5.74) is 7.86. The van der Waals surface area contributed by atoms with Gasteiger partial charge in [-0.25, -0.2) is 9.97 Å². The predicted octanol–water partition coefficient (Wildman–Crippen LogP) is 2.84. The average Bonchev–Trinajstić information content (AvgIpc) is 2.37. The van der Waals surface area contributed by atoms with Crippen LogP contribution in [0, 0.1) is 5.92 Å². The number of hydrogen-bond donors (Lipinski definition) is 1. The van der Waals surface area contributed by atoms with Crippen LogP contribution in [-0.4, -0.2) is 23.1 Å². The molecule has 0 aliphatic heterocycles. The van der Waals surface area contributed by atoms with Crippen molar-refractivity contribution >= 4 is 22.7 Å². The van der Waals surface area contributed by atoms with E-state index in [2.05, 4.69) is 16.8 Å². The Morgan fingerprint density at radius 3 is 2.47 bits per heavy atom. The fraction of sp³-hybridized carbons (Fsp3) is 0.467. The standard InChI is InChI=1S/C15H20N4/c1-2-19(10-11-6-5-7-11)15-14(16)17-12-8-3-4-9-13(12)18-15/h3-4,8-9,11H,2,5-7,10H2,1H3,(H2,16,17). The van der Waals surface area contributed by atoms with E-state index in [1.54, 1.807) is 0 Å². The summed E-state index contributed by atoms with van der Waals surface area (Å²) in [5.74, 6) is 2.18. The lowest BCUT2D eigenvalue weighted by Crippen LogP contribution is -2.33. The maximum atomic E-state index is 6.08. The van der Waals surface area contributed by atoms with E-state index >= 15 is 0 Å². The number of nitrogens with two attached hydrogens (primary N) is 1. The molecule has 0 spiro atoms. The van der Waals surface area contributed by atoms with Crippen molar-refractivity contribution in [2.45, 2.75) is 26.2 Å². The number of hydrogen-bond acceptors (Lipinski definition) is 4. The van der Waals surface area contributed by atoms with E-state index in [0.29, 0.717) is 5.82 Å². The first-order valence-electron chi connectivity index (χ1n) is 7.05. The van der Waals surface area contributed by atoms with Gasteiger partial charge < -0.3 is 10.6 Å². The molecule has 1 aliphatic rings. The highest BCUT2D eigenvalue weighted by atomic mass is 15.2. The summed E-state index contributed by atoms with van der Waals surface area (Å²) in [5, 5.41) is 0. The van der Waals surface area contributed by atoms with Gasteiger partial charge in [-0.2, -0.15) is 0 Å². The normalized spacial score (nSPS) is 15.4. The molecule has 1 fully saturated rings. The van der Waals surface area contributed by atoms with Gasteiger partial charge in [-0.15, -0.1) is 0 Å². The molecule has 0 amide bonds. The van der Waals surface area contributed by atoms with Gasteiger partial charge in [-0.05, 0) is 37.8 Å². The van der Waals surface area contributed by atoms with Crippen LogP contribution in [0.2, 0.25) is 0 Å². The fourth-order valence-corrected chi connectivity index (χ4v) is 2.59. The van der Waals surface area contributed by atoms with Crippen molar-refractivity contribution < 1.29 is 0 Å². The SMILES string of the molecule is CCN(CC1CCC1)c1nc2ccccc2nc1N. The quantitative estimate of drug-likeness (QED) is 0.914. The summed E-state index contributed by atoms with van der Waals surface area (Å²) < 4.78 is 0. The summed E-state index contributed by atoms with van der Waals surface area (Å²) in [6.07, 6.45) is 4.02. The molecule has 2 aromatic rings. The molecule has 100 valence electrons. The van der Waals surface area contributed by atoms with Gasteiger partial charge >= 0.3 is 0 Å². The second-order valence-corrected chi connectivity index (χ2v) is 5.26. The molecule has 19 heavy (non-hydrogen) atoms. The highest BCUT2D eigenvalue weighted by molar-refractivity contribution is 5.79. The minimum Gasteiger partial charge on any atom is -0.381 e. The Morgan fingerprint density at radius 1 is 1.21 bits per heavy atom. The number of fused-ring (bicyclic) bond motifs is 1. The second kappa shape index (κ2) is 5.03. The summed E-state index contributed by atoms with van der Waals surface area (Å²) >= 11 is 0. The van der Waals surface area contributed by atoms with Crippen molar-refractivity contribution in [3.63, 3.8) is 0 Å². The molecule has 1 aromatic carbocycles. The zero-order chi connectivity index (χ0) is 13.2. The lowest BCUT2D eigenvalue weighted by molar-refractivity contribution is 0.318. The Balaban J connectivity index is 1.94. The molecule has 0 bridgehead atoms. The van der Waals surface area contributed by atoms with E-state index < -0.39 is 0 Å². The summed E-state index contributed by atoms with van der Waals surface area (Å²) in [6, 6.07) is 7.88. The Morgan fingerprint density at radius 2 is 1.89 bits per heavy atom. The van der Waals surface area contributed by atoms with E-state index in [0.717, 1.165) is 35.9 Å². The van der Waals surface area contributed by atoms with Crippen LogP contribution in [-0.2, 0) is 0 Å². The van der Waals surface area contributed by atoms with Crippen LogP contribution in [0.15, 0.2) is 24.3 Å². The van der Waals surface area contributed by atoms with E-state index in [9.17, 15) is 0 Å². The van der Waals surface area contributed by atoms with Crippen LogP contribution in [0.1, 0.15) is 26.2 Å². The molecular weight excluding hydrogens is 236 g/mol. The molecule has 3 rings (SSSR count). The Bertz CT molecular complexity index is 577. The average molecular weight is 256 g/mol. The number of nitrogen functional groups attached to an aromatic ring is 1. The molecule has 4 heteroatoms. The molecule has 0 saturated heterocycles. The molecule has 2 N–H and O–H groups in total. The predicted molar refractivity (Wildman–Crippen MR) is 79.2 cm³/mol. The highest BCUT2D eigenvalue weighted by Crippen LogP contribution is 2.30. The van der Waals surface area contributed by atoms with E-state index in [1.807, 2.05) is 24.3 Å². The topological polar surface area (TPSA) is 55.0 Å². The van der Waals surface area contributed by atoms with E-state index in [-0.39, 0.29) is 0 Å². The first kappa shape index (κ1) is 12.2. The van der Waals surface area contributed by atoms with E-state index in [1.165, 1.54) is 19.3 Å². The highest BCUT2D eigenvalue weighted by Gasteiger charge is 2.22. The van der Waals surface area contributed by atoms with Crippen molar-refractivity contribution in [1.82, 2.24) is 9.97 Å². The summed E-state index contributed by atoms with van der Waals surface area (Å²) in [6.45, 7) is 4.12. The van der Waals surface area contributed by atoms with Gasteiger partial charge in [0.2, 0.25) is 0 Å². The van der Waals surface area contributed by atoms with Gasteiger partial charge in [0.05, 0.1) is 11.0 Å². The minimum absolute atomic E-state index is 0.542.